The van der Waals surface area contributed by atoms with Crippen LogP contribution < -0.4 is 4.90 Å². The molecule has 0 aromatic heterocycles. The number of aromatic carboxylic acids is 1. The van der Waals surface area contributed by atoms with E-state index in [0.29, 0.717) is 24.2 Å². The number of nitrogens with zero attached hydrogens (tertiary/aromatic N) is 2. The Morgan fingerprint density at radius 1 is 1.19 bits per heavy atom. The lowest BCUT2D eigenvalue weighted by Crippen LogP contribution is -2.15. The zero-order chi connectivity index (χ0) is 15.0. The van der Waals surface area contributed by atoms with E-state index in [0.717, 1.165) is 21.3 Å². The number of fused-ring (bicyclic) bond motifs is 1. The third-order valence-corrected chi connectivity index (χ3v) is 4.09. The van der Waals surface area contributed by atoms with Crippen LogP contribution in [-0.2, 0) is 13.1 Å². The van der Waals surface area contributed by atoms with E-state index in [4.69, 9.17) is 5.11 Å². The second kappa shape index (κ2) is 5.23. The number of halogens is 1. The minimum atomic E-state index is -0.920. The second-order valence-corrected chi connectivity index (χ2v) is 5.83. The molecule has 1 aliphatic heterocycles. The average molecular weight is 343 g/mol. The Labute approximate surface area is 130 Å². The standard InChI is InChI=1S/C16H11BrN2O2/c17-14-4-3-11(7-18)15(6-14)19-8-12-2-1-10(16(20)21)5-13(12)9-19/h1-6H,8-9H2,(H,20,21). The van der Waals surface area contributed by atoms with E-state index < -0.39 is 5.97 Å². The number of nitriles is 1. The fourth-order valence-corrected chi connectivity index (χ4v) is 2.91. The van der Waals surface area contributed by atoms with Gasteiger partial charge in [0.1, 0.15) is 6.07 Å². The molecule has 3 rings (SSSR count). The van der Waals surface area contributed by atoms with Gasteiger partial charge >= 0.3 is 5.97 Å². The van der Waals surface area contributed by atoms with Crippen molar-refractivity contribution in [1.29, 1.82) is 5.26 Å². The van der Waals surface area contributed by atoms with Crippen molar-refractivity contribution in [2.24, 2.45) is 0 Å². The zero-order valence-electron chi connectivity index (χ0n) is 11.0. The molecule has 0 unspecified atom stereocenters. The summed E-state index contributed by atoms with van der Waals surface area (Å²) in [6.45, 7) is 1.29. The van der Waals surface area contributed by atoms with Crippen LogP contribution in [0.5, 0.6) is 0 Å². The van der Waals surface area contributed by atoms with Gasteiger partial charge in [-0.05, 0) is 41.5 Å². The molecular formula is C16H11BrN2O2. The van der Waals surface area contributed by atoms with Crippen LogP contribution in [0.15, 0.2) is 40.9 Å². The van der Waals surface area contributed by atoms with Gasteiger partial charge in [0.15, 0.2) is 0 Å². The molecule has 5 heteroatoms. The van der Waals surface area contributed by atoms with Crippen molar-refractivity contribution in [3.8, 4) is 6.07 Å². The fraction of sp³-hybridized carbons (Fsp3) is 0.125. The molecule has 0 fully saturated rings. The molecule has 0 aliphatic carbocycles. The molecule has 0 radical (unpaired) electrons. The molecule has 0 spiro atoms. The van der Waals surface area contributed by atoms with Gasteiger partial charge in [0, 0.05) is 17.6 Å². The van der Waals surface area contributed by atoms with Crippen LogP contribution in [0, 0.1) is 11.3 Å². The van der Waals surface area contributed by atoms with Crippen LogP contribution >= 0.6 is 15.9 Å². The first kappa shape index (κ1) is 13.7. The minimum Gasteiger partial charge on any atom is -0.478 e. The molecule has 0 atom stereocenters. The van der Waals surface area contributed by atoms with Gasteiger partial charge in [-0.2, -0.15) is 5.26 Å². The van der Waals surface area contributed by atoms with Crippen molar-refractivity contribution in [2.45, 2.75) is 13.1 Å². The van der Waals surface area contributed by atoms with E-state index in [1.54, 1.807) is 18.2 Å². The summed E-state index contributed by atoms with van der Waals surface area (Å²) in [5.74, 6) is -0.920. The molecule has 1 heterocycles. The Hall–Kier alpha value is -2.32. The average Bonchev–Trinajstić information content (AvgIpc) is 2.89. The Morgan fingerprint density at radius 3 is 2.67 bits per heavy atom. The highest BCUT2D eigenvalue weighted by Gasteiger charge is 2.22. The van der Waals surface area contributed by atoms with E-state index in [2.05, 4.69) is 26.9 Å². The highest BCUT2D eigenvalue weighted by molar-refractivity contribution is 9.10. The van der Waals surface area contributed by atoms with Gasteiger partial charge in [0.25, 0.3) is 0 Å². The van der Waals surface area contributed by atoms with Crippen LogP contribution in [0.25, 0.3) is 0 Å². The number of anilines is 1. The molecule has 104 valence electrons. The first-order valence-electron chi connectivity index (χ1n) is 6.38. The molecule has 0 amide bonds. The Balaban J connectivity index is 1.97. The smallest absolute Gasteiger partial charge is 0.335 e. The van der Waals surface area contributed by atoms with Crippen molar-refractivity contribution >= 4 is 27.6 Å². The number of hydrogen-bond acceptors (Lipinski definition) is 3. The monoisotopic (exact) mass is 342 g/mol. The molecule has 1 N–H and O–H groups in total. The van der Waals surface area contributed by atoms with Crippen LogP contribution in [0.2, 0.25) is 0 Å². The molecule has 1 aliphatic rings. The van der Waals surface area contributed by atoms with Gasteiger partial charge < -0.3 is 10.0 Å². The molecule has 2 aromatic carbocycles. The number of hydrogen-bond donors (Lipinski definition) is 1. The minimum absolute atomic E-state index is 0.297. The van der Waals surface area contributed by atoms with Crippen LogP contribution in [0.1, 0.15) is 27.0 Å². The normalized spacial score (nSPS) is 12.9. The third-order valence-electron chi connectivity index (χ3n) is 3.60. The third kappa shape index (κ3) is 2.50. The topological polar surface area (TPSA) is 64.3 Å². The van der Waals surface area contributed by atoms with Crippen LogP contribution in [-0.4, -0.2) is 11.1 Å². The predicted molar refractivity (Wildman–Crippen MR) is 82.1 cm³/mol. The van der Waals surface area contributed by atoms with E-state index >= 15 is 0 Å². The lowest BCUT2D eigenvalue weighted by molar-refractivity contribution is 0.0697. The van der Waals surface area contributed by atoms with Gasteiger partial charge in [-0.3, -0.25) is 0 Å². The van der Waals surface area contributed by atoms with Crippen LogP contribution in [0.4, 0.5) is 5.69 Å². The number of carboxylic acids is 1. The SMILES string of the molecule is N#Cc1ccc(Br)cc1N1Cc2ccc(C(=O)O)cc2C1. The molecule has 2 aromatic rings. The summed E-state index contributed by atoms with van der Waals surface area (Å²) in [5, 5.41) is 18.3. The second-order valence-electron chi connectivity index (χ2n) is 4.92. The molecule has 0 saturated heterocycles. The predicted octanol–water partition coefficient (Wildman–Crippen LogP) is 3.54. The van der Waals surface area contributed by atoms with Gasteiger partial charge in [0.05, 0.1) is 16.8 Å². The number of benzene rings is 2. The number of carboxylic acid groups (broad SMARTS) is 1. The van der Waals surface area contributed by atoms with Gasteiger partial charge in [-0.15, -0.1) is 0 Å². The van der Waals surface area contributed by atoms with E-state index in [9.17, 15) is 10.1 Å². The summed E-state index contributed by atoms with van der Waals surface area (Å²) in [7, 11) is 0. The largest absolute Gasteiger partial charge is 0.478 e. The summed E-state index contributed by atoms with van der Waals surface area (Å²) in [6, 6.07) is 12.9. The first-order valence-corrected chi connectivity index (χ1v) is 7.17. The highest BCUT2D eigenvalue weighted by Crippen LogP contribution is 2.32. The molecule has 0 saturated carbocycles. The quantitative estimate of drug-likeness (QED) is 0.906. The summed E-state index contributed by atoms with van der Waals surface area (Å²) >= 11 is 3.42. The Morgan fingerprint density at radius 2 is 1.95 bits per heavy atom. The Kier molecular flexibility index (Phi) is 3.40. The summed E-state index contributed by atoms with van der Waals surface area (Å²) in [6.07, 6.45) is 0. The van der Waals surface area contributed by atoms with Crippen molar-refractivity contribution in [3.05, 3.63) is 63.1 Å². The molecule has 21 heavy (non-hydrogen) atoms. The fourth-order valence-electron chi connectivity index (χ4n) is 2.56. The maximum atomic E-state index is 11.0. The number of carbonyl (C=O) groups is 1. The van der Waals surface area contributed by atoms with E-state index in [1.807, 2.05) is 18.2 Å². The van der Waals surface area contributed by atoms with Gasteiger partial charge in [-0.1, -0.05) is 22.0 Å². The Bertz CT molecular complexity index is 780. The summed E-state index contributed by atoms with van der Waals surface area (Å²) in [5.41, 5.74) is 3.87. The summed E-state index contributed by atoms with van der Waals surface area (Å²) in [4.78, 5) is 13.1. The molecular weight excluding hydrogens is 332 g/mol. The lowest BCUT2D eigenvalue weighted by atomic mass is 10.1. The number of rotatable bonds is 2. The van der Waals surface area contributed by atoms with E-state index in [-0.39, 0.29) is 0 Å². The van der Waals surface area contributed by atoms with Crippen molar-refractivity contribution in [3.63, 3.8) is 0 Å². The van der Waals surface area contributed by atoms with E-state index in [1.165, 1.54) is 0 Å². The van der Waals surface area contributed by atoms with Crippen molar-refractivity contribution in [2.75, 3.05) is 4.90 Å². The van der Waals surface area contributed by atoms with Crippen LogP contribution in [0.3, 0.4) is 0 Å². The van der Waals surface area contributed by atoms with Crippen molar-refractivity contribution < 1.29 is 9.90 Å². The maximum Gasteiger partial charge on any atom is 0.335 e. The summed E-state index contributed by atoms with van der Waals surface area (Å²) < 4.78 is 0.915. The highest BCUT2D eigenvalue weighted by atomic mass is 79.9. The first-order chi connectivity index (χ1) is 10.1. The van der Waals surface area contributed by atoms with Crippen molar-refractivity contribution in [1.82, 2.24) is 0 Å². The van der Waals surface area contributed by atoms with Gasteiger partial charge in [-0.25, -0.2) is 4.79 Å². The maximum absolute atomic E-state index is 11.0. The van der Waals surface area contributed by atoms with Gasteiger partial charge in [0.2, 0.25) is 0 Å². The zero-order valence-corrected chi connectivity index (χ0v) is 12.6. The molecule has 4 nitrogen and oxygen atoms in total. The lowest BCUT2D eigenvalue weighted by Gasteiger charge is -2.19. The molecule has 0 bridgehead atoms.